The maximum Gasteiger partial charge on any atom is 0.326 e. The van der Waals surface area contributed by atoms with Gasteiger partial charge >= 0.3 is 5.97 Å². The van der Waals surface area contributed by atoms with Crippen molar-refractivity contribution in [1.29, 1.82) is 0 Å². The third-order valence-electron chi connectivity index (χ3n) is 10.3. The van der Waals surface area contributed by atoms with Crippen LogP contribution in [0, 0.1) is 17.8 Å². The fourth-order valence-corrected chi connectivity index (χ4v) is 6.78. The van der Waals surface area contributed by atoms with Gasteiger partial charge in [-0.25, -0.2) is 4.79 Å². The summed E-state index contributed by atoms with van der Waals surface area (Å²) in [7, 11) is 0. The highest BCUT2D eigenvalue weighted by Gasteiger charge is 2.37. The molecule has 0 saturated heterocycles. The summed E-state index contributed by atoms with van der Waals surface area (Å²) in [5.74, 6) is -10.7. The standard InChI is InChI=1S/C45H74N10O14/c1-21(2)15-28(46)38(61)50-30(18-27-13-11-10-12-14-27)39(62)51-31(19-33(47)59)41(64)54-37(26(9)58)44(67)55-36(25(8)57)43(66)52-29(16-22(3)4)40(63)53-35(24(7)56)42(65)48-20-34(60)49-32(45(68)69)17-23(5)6/h10-14,21-26,28-32,35-37,56-58H,15-20,46H2,1-9H3,(H2,47,59)(H,48,65)(H,49,60)(H,50,61)(H,51,62)(H,52,66)(H,53,63)(H,54,64)(H,55,67)(H,68,69)/t24-,25-,26-,28+,29+,30+,31+,32+,35+,36+,37+/m1/s1. The molecule has 24 heteroatoms. The van der Waals surface area contributed by atoms with Crippen LogP contribution in [0.1, 0.15) is 93.6 Å². The molecule has 0 aromatic heterocycles. The number of primary amides is 1. The number of rotatable bonds is 30. The van der Waals surface area contributed by atoms with Gasteiger partial charge in [-0.1, -0.05) is 71.9 Å². The predicted molar refractivity (Wildman–Crippen MR) is 250 cm³/mol. The number of carboxylic acids is 1. The zero-order valence-electron chi connectivity index (χ0n) is 40.7. The molecule has 388 valence electrons. The molecule has 1 rings (SSSR count). The van der Waals surface area contributed by atoms with Crippen LogP contribution in [0.25, 0.3) is 0 Å². The largest absolute Gasteiger partial charge is 0.480 e. The van der Waals surface area contributed by atoms with E-state index in [0.29, 0.717) is 12.0 Å². The SMILES string of the molecule is CC(C)C[C@H](NC(=O)CNC(=O)[C@@H](NC(=O)[C@H](CC(C)C)NC(=O)[C@@H](NC(=O)[C@@H](NC(=O)[C@H](CC(N)=O)NC(=O)[C@H](Cc1ccccc1)NC(=O)[C@@H](N)CC(C)C)[C@@H](C)O)[C@@H](C)O)[C@@H](C)O)C(=O)O. The van der Waals surface area contributed by atoms with Crippen molar-refractivity contribution >= 4 is 59.1 Å². The van der Waals surface area contributed by atoms with Crippen molar-refractivity contribution in [3.63, 3.8) is 0 Å². The van der Waals surface area contributed by atoms with Crippen molar-refractivity contribution in [2.45, 2.75) is 161 Å². The molecule has 0 heterocycles. The van der Waals surface area contributed by atoms with Gasteiger partial charge in [-0.2, -0.15) is 0 Å². The number of carbonyl (C=O) groups excluding carboxylic acids is 9. The maximum atomic E-state index is 13.7. The summed E-state index contributed by atoms with van der Waals surface area (Å²) in [6.45, 7) is 13.3. The quantitative estimate of drug-likeness (QED) is 0.0353. The zero-order valence-corrected chi connectivity index (χ0v) is 40.7. The zero-order chi connectivity index (χ0) is 52.9. The van der Waals surface area contributed by atoms with E-state index >= 15 is 0 Å². The second-order valence-corrected chi connectivity index (χ2v) is 18.4. The number of hydrogen-bond donors (Lipinski definition) is 14. The first-order valence-electron chi connectivity index (χ1n) is 22.8. The lowest BCUT2D eigenvalue weighted by atomic mass is 10.0. The minimum absolute atomic E-state index is 0.0399. The van der Waals surface area contributed by atoms with Crippen molar-refractivity contribution in [1.82, 2.24) is 42.5 Å². The molecule has 0 radical (unpaired) electrons. The predicted octanol–water partition coefficient (Wildman–Crippen LogP) is -3.69. The Balaban J connectivity index is 3.28. The third kappa shape index (κ3) is 22.6. The second-order valence-electron chi connectivity index (χ2n) is 18.4. The normalized spacial score (nSPS) is 16.1. The Morgan fingerprint density at radius 3 is 1.36 bits per heavy atom. The van der Waals surface area contributed by atoms with Gasteiger partial charge in [0.25, 0.3) is 0 Å². The molecule has 0 aliphatic heterocycles. The van der Waals surface area contributed by atoms with Gasteiger partial charge in [0.05, 0.1) is 37.3 Å². The van der Waals surface area contributed by atoms with E-state index in [1.807, 2.05) is 13.8 Å². The molecule has 0 aliphatic rings. The number of aliphatic hydroxyl groups excluding tert-OH is 3. The van der Waals surface area contributed by atoms with Crippen LogP contribution in [0.3, 0.4) is 0 Å². The molecular formula is C45H74N10O14. The second kappa shape index (κ2) is 29.6. The van der Waals surface area contributed by atoms with Gasteiger partial charge in [0.1, 0.15) is 42.3 Å². The maximum absolute atomic E-state index is 13.7. The monoisotopic (exact) mass is 979 g/mol. The van der Waals surface area contributed by atoms with Crippen molar-refractivity contribution < 1.29 is 68.4 Å². The van der Waals surface area contributed by atoms with Crippen LogP contribution in [0.2, 0.25) is 0 Å². The van der Waals surface area contributed by atoms with Gasteiger partial charge in [0.2, 0.25) is 53.2 Å². The van der Waals surface area contributed by atoms with E-state index in [1.165, 1.54) is 6.92 Å². The summed E-state index contributed by atoms with van der Waals surface area (Å²) in [6.07, 6.45) is -5.50. The Labute approximate surface area is 402 Å². The smallest absolute Gasteiger partial charge is 0.326 e. The number of aliphatic hydroxyl groups is 3. The molecule has 1 aromatic carbocycles. The van der Waals surface area contributed by atoms with E-state index in [1.54, 1.807) is 58.0 Å². The van der Waals surface area contributed by atoms with Gasteiger partial charge in [0.15, 0.2) is 0 Å². The lowest BCUT2D eigenvalue weighted by molar-refractivity contribution is -0.142. The summed E-state index contributed by atoms with van der Waals surface area (Å²) in [5, 5.41) is 59.8. The number of benzene rings is 1. The van der Waals surface area contributed by atoms with Gasteiger partial charge in [-0.3, -0.25) is 43.2 Å². The Hall–Kier alpha value is -6.24. The van der Waals surface area contributed by atoms with Crippen LogP contribution in [0.4, 0.5) is 0 Å². The van der Waals surface area contributed by atoms with Gasteiger partial charge in [0, 0.05) is 6.42 Å². The molecule has 1 aromatic rings. The topological polar surface area (TPSA) is 400 Å². The Bertz CT molecular complexity index is 1910. The molecule has 0 fully saturated rings. The van der Waals surface area contributed by atoms with Crippen molar-refractivity contribution in [3.05, 3.63) is 35.9 Å². The van der Waals surface area contributed by atoms with Gasteiger partial charge in [-0.15, -0.1) is 0 Å². The van der Waals surface area contributed by atoms with Crippen LogP contribution in [-0.2, 0) is 54.4 Å². The molecule has 0 bridgehead atoms. The first-order valence-corrected chi connectivity index (χ1v) is 22.8. The summed E-state index contributed by atoms with van der Waals surface area (Å²) in [5.41, 5.74) is 12.1. The highest BCUT2D eigenvalue weighted by molar-refractivity contribution is 5.99. The van der Waals surface area contributed by atoms with E-state index in [9.17, 15) is 68.4 Å². The number of nitrogens with one attached hydrogen (secondary N) is 8. The van der Waals surface area contributed by atoms with Gasteiger partial charge < -0.3 is 74.4 Å². The van der Waals surface area contributed by atoms with E-state index < -0.39 is 139 Å². The number of amides is 9. The minimum Gasteiger partial charge on any atom is -0.480 e. The average molecular weight is 979 g/mol. The molecule has 24 nitrogen and oxygen atoms in total. The summed E-state index contributed by atoms with van der Waals surface area (Å²) >= 11 is 0. The number of aliphatic carboxylic acids is 1. The highest BCUT2D eigenvalue weighted by atomic mass is 16.4. The molecular weight excluding hydrogens is 905 g/mol. The van der Waals surface area contributed by atoms with Crippen LogP contribution in [0.15, 0.2) is 30.3 Å². The first kappa shape index (κ1) is 60.8. The number of carbonyl (C=O) groups is 10. The lowest BCUT2D eigenvalue weighted by Crippen LogP contribution is -2.64. The molecule has 0 spiro atoms. The fraction of sp³-hybridized carbons (Fsp3) is 0.644. The van der Waals surface area contributed by atoms with E-state index in [-0.39, 0.29) is 37.0 Å². The fourth-order valence-electron chi connectivity index (χ4n) is 6.78. The van der Waals surface area contributed by atoms with Crippen LogP contribution < -0.4 is 54.0 Å². The molecule has 0 unspecified atom stereocenters. The molecule has 69 heavy (non-hydrogen) atoms. The van der Waals surface area contributed by atoms with Crippen molar-refractivity contribution in [3.8, 4) is 0 Å². The third-order valence-corrected chi connectivity index (χ3v) is 10.3. The number of carboxylic acid groups (broad SMARTS) is 1. The number of nitrogens with two attached hydrogens (primary N) is 2. The number of hydrogen-bond acceptors (Lipinski definition) is 14. The highest BCUT2D eigenvalue weighted by Crippen LogP contribution is 2.11. The molecule has 16 N–H and O–H groups in total. The molecule has 11 atom stereocenters. The summed E-state index contributed by atoms with van der Waals surface area (Å²) in [4.78, 5) is 131. The molecule has 0 aliphatic carbocycles. The van der Waals surface area contributed by atoms with Crippen LogP contribution in [-0.4, -0.2) is 153 Å². The van der Waals surface area contributed by atoms with Crippen molar-refractivity contribution in [2.75, 3.05) is 6.54 Å². The van der Waals surface area contributed by atoms with Crippen molar-refractivity contribution in [2.24, 2.45) is 29.2 Å². The Morgan fingerprint density at radius 2 is 0.899 bits per heavy atom. The van der Waals surface area contributed by atoms with E-state index in [2.05, 4.69) is 42.5 Å². The summed E-state index contributed by atoms with van der Waals surface area (Å²) in [6, 6.07) is -3.68. The average Bonchev–Trinajstić information content (AvgIpc) is 3.23. The van der Waals surface area contributed by atoms with Gasteiger partial charge in [-0.05, 0) is 63.4 Å². The molecule has 9 amide bonds. The first-order chi connectivity index (χ1) is 32.0. The Morgan fingerprint density at radius 1 is 0.493 bits per heavy atom. The summed E-state index contributed by atoms with van der Waals surface area (Å²) < 4.78 is 0. The van der Waals surface area contributed by atoms with E-state index in [4.69, 9.17) is 11.5 Å². The minimum atomic E-state index is -1.90. The van der Waals surface area contributed by atoms with Crippen LogP contribution in [0.5, 0.6) is 0 Å². The van der Waals surface area contributed by atoms with Crippen LogP contribution >= 0.6 is 0 Å². The van der Waals surface area contributed by atoms with E-state index in [0.717, 1.165) is 13.8 Å². The lowest BCUT2D eigenvalue weighted by Gasteiger charge is -2.30. The Kier molecular flexibility index (Phi) is 26.1. The molecule has 0 saturated carbocycles.